The summed E-state index contributed by atoms with van der Waals surface area (Å²) >= 11 is 0. The topological polar surface area (TPSA) is 85.5 Å². The second kappa shape index (κ2) is 8.61. The SMILES string of the molecule is COC(=O)N1CCO[C@@H](Cc2c(-c3c(F)cc(C4(O)COC4)cc3F)nc3cc(C)ccn23)C1. The van der Waals surface area contributed by atoms with Crippen LogP contribution in [-0.2, 0) is 26.2 Å². The van der Waals surface area contributed by atoms with Gasteiger partial charge < -0.3 is 28.6 Å². The Labute approximate surface area is 194 Å². The molecule has 2 aromatic heterocycles. The van der Waals surface area contributed by atoms with E-state index in [9.17, 15) is 9.90 Å². The van der Waals surface area contributed by atoms with Gasteiger partial charge >= 0.3 is 6.09 Å². The van der Waals surface area contributed by atoms with E-state index in [0.29, 0.717) is 24.5 Å². The number of amides is 1. The number of carbonyl (C=O) groups is 1. The number of nitrogens with zero attached hydrogens (tertiary/aromatic N) is 3. The standard InChI is InChI=1S/C24H25F2N3O5/c1-14-3-4-29-19(10-16-11-28(5-6-34-16)23(30)32-2)22(27-20(29)7-14)21-17(25)8-15(9-18(21)26)24(31)12-33-13-24/h3-4,7-9,16,31H,5-6,10-13H2,1-2H3/t16-/m0/s1. The number of imidazole rings is 1. The molecule has 34 heavy (non-hydrogen) atoms. The van der Waals surface area contributed by atoms with Crippen LogP contribution in [0.1, 0.15) is 16.8 Å². The number of carbonyl (C=O) groups excluding carboxylic acids is 1. The van der Waals surface area contributed by atoms with Crippen molar-refractivity contribution in [1.29, 1.82) is 0 Å². The fourth-order valence-corrected chi connectivity index (χ4v) is 4.48. The number of hydrogen-bond donors (Lipinski definition) is 1. The Morgan fingerprint density at radius 2 is 2.03 bits per heavy atom. The van der Waals surface area contributed by atoms with Gasteiger partial charge in [0.1, 0.15) is 22.9 Å². The van der Waals surface area contributed by atoms with E-state index >= 15 is 8.78 Å². The van der Waals surface area contributed by atoms with Crippen molar-refractivity contribution in [1.82, 2.24) is 14.3 Å². The minimum atomic E-state index is -1.40. The zero-order valence-corrected chi connectivity index (χ0v) is 18.9. The van der Waals surface area contributed by atoms with Gasteiger partial charge in [0.15, 0.2) is 0 Å². The zero-order chi connectivity index (χ0) is 24.0. The summed E-state index contributed by atoms with van der Waals surface area (Å²) in [5.41, 5.74) is 0.662. The normalized spacial score (nSPS) is 19.8. The van der Waals surface area contributed by atoms with Crippen molar-refractivity contribution in [3.8, 4) is 11.3 Å². The highest BCUT2D eigenvalue weighted by Gasteiger charge is 2.39. The maximum absolute atomic E-state index is 15.3. The minimum Gasteiger partial charge on any atom is -0.453 e. The fraction of sp³-hybridized carbons (Fsp3) is 0.417. The molecular formula is C24H25F2N3O5. The number of ether oxygens (including phenoxy) is 3. The van der Waals surface area contributed by atoms with Crippen molar-refractivity contribution in [2.75, 3.05) is 40.0 Å². The average molecular weight is 473 g/mol. The Bertz CT molecular complexity index is 1230. The fourth-order valence-electron chi connectivity index (χ4n) is 4.48. The van der Waals surface area contributed by atoms with Gasteiger partial charge in [0.2, 0.25) is 0 Å². The highest BCUT2D eigenvalue weighted by atomic mass is 19.1. The molecule has 180 valence electrons. The van der Waals surface area contributed by atoms with Crippen molar-refractivity contribution < 1.29 is 32.9 Å². The molecule has 1 N–H and O–H groups in total. The molecule has 0 saturated carbocycles. The molecule has 0 bridgehead atoms. The van der Waals surface area contributed by atoms with E-state index in [1.807, 2.05) is 19.1 Å². The number of morpholine rings is 1. The van der Waals surface area contributed by atoms with Crippen LogP contribution in [0.3, 0.4) is 0 Å². The number of benzene rings is 1. The maximum atomic E-state index is 15.3. The van der Waals surface area contributed by atoms with Gasteiger partial charge in [0.05, 0.1) is 56.5 Å². The molecule has 2 fully saturated rings. The Hall–Kier alpha value is -3.08. The first-order chi connectivity index (χ1) is 16.3. The van der Waals surface area contributed by atoms with Gasteiger partial charge in [-0.25, -0.2) is 18.6 Å². The summed E-state index contributed by atoms with van der Waals surface area (Å²) in [5, 5.41) is 10.5. The second-order valence-electron chi connectivity index (χ2n) is 8.79. The van der Waals surface area contributed by atoms with Crippen LogP contribution in [0.2, 0.25) is 0 Å². The van der Waals surface area contributed by atoms with Gasteiger partial charge in [-0.1, -0.05) is 0 Å². The summed E-state index contributed by atoms with van der Waals surface area (Å²) in [5.74, 6) is -1.64. The first-order valence-electron chi connectivity index (χ1n) is 11.0. The number of hydrogen-bond acceptors (Lipinski definition) is 6. The first-order valence-corrected chi connectivity index (χ1v) is 11.0. The van der Waals surface area contributed by atoms with Gasteiger partial charge in [-0.2, -0.15) is 0 Å². The lowest BCUT2D eigenvalue weighted by Gasteiger charge is -2.36. The van der Waals surface area contributed by atoms with Crippen LogP contribution in [0.25, 0.3) is 16.9 Å². The first kappa shape index (κ1) is 22.7. The zero-order valence-electron chi connectivity index (χ0n) is 18.9. The summed E-state index contributed by atoms with van der Waals surface area (Å²) in [4.78, 5) is 18.1. The number of pyridine rings is 1. The van der Waals surface area contributed by atoms with E-state index in [1.165, 1.54) is 7.11 Å². The molecule has 3 aromatic rings. The number of aromatic nitrogens is 2. The Morgan fingerprint density at radius 3 is 2.68 bits per heavy atom. The minimum absolute atomic E-state index is 0.0141. The summed E-state index contributed by atoms with van der Waals surface area (Å²) < 4.78 is 48.1. The summed E-state index contributed by atoms with van der Waals surface area (Å²) in [6.45, 7) is 2.88. The molecule has 0 radical (unpaired) electrons. The molecule has 8 nitrogen and oxygen atoms in total. The number of halogens is 2. The lowest BCUT2D eigenvalue weighted by atomic mass is 9.90. The molecule has 0 unspecified atom stereocenters. The highest BCUT2D eigenvalue weighted by Crippen LogP contribution is 2.36. The van der Waals surface area contributed by atoms with Crippen LogP contribution in [0.5, 0.6) is 0 Å². The molecule has 2 aliphatic rings. The molecule has 1 amide bonds. The van der Waals surface area contributed by atoms with E-state index in [-0.39, 0.29) is 43.0 Å². The van der Waals surface area contributed by atoms with Gasteiger partial charge in [-0.3, -0.25) is 0 Å². The van der Waals surface area contributed by atoms with Crippen LogP contribution in [0, 0.1) is 18.6 Å². The Balaban J connectivity index is 1.57. The van der Waals surface area contributed by atoms with Crippen molar-refractivity contribution in [2.45, 2.75) is 25.0 Å². The molecular weight excluding hydrogens is 448 g/mol. The van der Waals surface area contributed by atoms with Gasteiger partial charge in [0, 0.05) is 19.2 Å². The third-order valence-electron chi connectivity index (χ3n) is 6.37. The summed E-state index contributed by atoms with van der Waals surface area (Å²) in [6, 6.07) is 5.98. The van der Waals surface area contributed by atoms with Crippen LogP contribution < -0.4 is 0 Å². The number of aryl methyl sites for hydroxylation is 1. The van der Waals surface area contributed by atoms with Crippen LogP contribution in [0.15, 0.2) is 30.5 Å². The van der Waals surface area contributed by atoms with E-state index < -0.39 is 29.4 Å². The lowest BCUT2D eigenvalue weighted by molar-refractivity contribution is -0.184. The number of methoxy groups -OCH3 is 1. The van der Waals surface area contributed by atoms with Crippen molar-refractivity contribution in [2.24, 2.45) is 0 Å². The molecule has 2 saturated heterocycles. The maximum Gasteiger partial charge on any atom is 0.409 e. The molecule has 0 spiro atoms. The Morgan fingerprint density at radius 1 is 1.29 bits per heavy atom. The summed E-state index contributed by atoms with van der Waals surface area (Å²) in [6.07, 6.45) is 1.21. The monoisotopic (exact) mass is 473 g/mol. The molecule has 10 heteroatoms. The van der Waals surface area contributed by atoms with Crippen LogP contribution >= 0.6 is 0 Å². The third kappa shape index (κ3) is 3.91. The summed E-state index contributed by atoms with van der Waals surface area (Å²) in [7, 11) is 1.32. The molecule has 0 aliphatic carbocycles. The molecule has 1 aromatic carbocycles. The lowest BCUT2D eigenvalue weighted by Crippen LogP contribution is -2.46. The van der Waals surface area contributed by atoms with Crippen molar-refractivity contribution in [3.63, 3.8) is 0 Å². The molecule has 1 atom stereocenters. The predicted molar refractivity (Wildman–Crippen MR) is 117 cm³/mol. The number of aliphatic hydroxyl groups is 1. The van der Waals surface area contributed by atoms with Crippen LogP contribution in [0.4, 0.5) is 13.6 Å². The predicted octanol–water partition coefficient (Wildman–Crippen LogP) is 2.82. The largest absolute Gasteiger partial charge is 0.453 e. The van der Waals surface area contributed by atoms with Crippen molar-refractivity contribution >= 4 is 11.7 Å². The van der Waals surface area contributed by atoms with Crippen molar-refractivity contribution in [3.05, 3.63) is 58.9 Å². The molecule has 4 heterocycles. The average Bonchev–Trinajstić information content (AvgIpc) is 3.13. The van der Waals surface area contributed by atoms with Gasteiger partial charge in [-0.15, -0.1) is 0 Å². The Kier molecular flexibility index (Phi) is 5.75. The van der Waals surface area contributed by atoms with Crippen LogP contribution in [-0.4, -0.2) is 71.6 Å². The van der Waals surface area contributed by atoms with Gasteiger partial charge in [-0.05, 0) is 42.3 Å². The van der Waals surface area contributed by atoms with E-state index in [2.05, 4.69) is 4.98 Å². The number of fused-ring (bicyclic) bond motifs is 1. The molecule has 5 rings (SSSR count). The second-order valence-corrected chi connectivity index (χ2v) is 8.79. The smallest absolute Gasteiger partial charge is 0.409 e. The van der Waals surface area contributed by atoms with E-state index in [0.717, 1.165) is 17.7 Å². The van der Waals surface area contributed by atoms with E-state index in [4.69, 9.17) is 14.2 Å². The highest BCUT2D eigenvalue weighted by molar-refractivity contribution is 5.69. The third-order valence-corrected chi connectivity index (χ3v) is 6.37. The quantitative estimate of drug-likeness (QED) is 0.627. The number of rotatable bonds is 4. The van der Waals surface area contributed by atoms with E-state index in [1.54, 1.807) is 15.5 Å². The van der Waals surface area contributed by atoms with Gasteiger partial charge in [0.25, 0.3) is 0 Å². The molecule has 2 aliphatic heterocycles.